The summed E-state index contributed by atoms with van der Waals surface area (Å²) in [5, 5.41) is 0. The zero-order valence-corrected chi connectivity index (χ0v) is 5.09. The van der Waals surface area contributed by atoms with Gasteiger partial charge in [-0.25, -0.2) is 0 Å². The Hall–Kier alpha value is -0.860. The van der Waals surface area contributed by atoms with Crippen LogP contribution in [0.4, 0.5) is 0 Å². The largest absolute Gasteiger partial charge is 0.335 e. The van der Waals surface area contributed by atoms with Gasteiger partial charge >= 0.3 is 0 Å². The molecule has 0 bridgehead atoms. The quantitative estimate of drug-likeness (QED) is 0.510. The third-order valence-corrected chi connectivity index (χ3v) is 1.43. The fraction of sp³-hybridized carbons (Fsp3) is 0.667. The smallest absolute Gasteiger partial charge is 0.223 e. The van der Waals surface area contributed by atoms with Crippen LogP contribution in [0.15, 0.2) is 0 Å². The number of carbonyl (C=O) groups excluding carboxylic acids is 2. The molecule has 1 radical (unpaired) electrons. The highest BCUT2D eigenvalue weighted by molar-refractivity contribution is 5.80. The summed E-state index contributed by atoms with van der Waals surface area (Å²) in [4.78, 5) is 22.0. The Morgan fingerprint density at radius 2 is 2.44 bits per heavy atom. The Morgan fingerprint density at radius 3 is 2.89 bits per heavy atom. The molecule has 0 unspecified atom stereocenters. The molecule has 1 fully saturated rings. The number of hydrogen-bond acceptors (Lipinski definition) is 2. The van der Waals surface area contributed by atoms with Crippen molar-refractivity contribution in [2.24, 2.45) is 0 Å². The minimum atomic E-state index is 0.0818. The van der Waals surface area contributed by atoms with Gasteiger partial charge in [0.05, 0.1) is 6.54 Å². The van der Waals surface area contributed by atoms with Crippen LogP contribution in [0.25, 0.3) is 0 Å². The van der Waals surface area contributed by atoms with Gasteiger partial charge in [-0.2, -0.15) is 0 Å². The first kappa shape index (κ1) is 6.26. The van der Waals surface area contributed by atoms with Crippen LogP contribution < -0.4 is 0 Å². The van der Waals surface area contributed by atoms with E-state index in [0.29, 0.717) is 6.42 Å². The van der Waals surface area contributed by atoms with Crippen molar-refractivity contribution in [3.63, 3.8) is 0 Å². The first-order valence-electron chi connectivity index (χ1n) is 2.97. The molecule has 49 valence electrons. The summed E-state index contributed by atoms with van der Waals surface area (Å²) in [7, 11) is 0. The van der Waals surface area contributed by atoms with E-state index in [9.17, 15) is 9.59 Å². The van der Waals surface area contributed by atoms with Crippen LogP contribution in [-0.2, 0) is 9.59 Å². The van der Waals surface area contributed by atoms with Crippen LogP contribution in [-0.4, -0.2) is 30.2 Å². The van der Waals surface area contributed by atoms with Crippen molar-refractivity contribution in [2.75, 3.05) is 13.1 Å². The first-order valence-corrected chi connectivity index (χ1v) is 2.97. The van der Waals surface area contributed by atoms with E-state index in [0.717, 1.165) is 13.0 Å². The summed E-state index contributed by atoms with van der Waals surface area (Å²) in [5.41, 5.74) is 0. The second-order valence-corrected chi connectivity index (χ2v) is 2.06. The number of likely N-dealkylation sites (tertiary alicyclic amines) is 1. The second-order valence-electron chi connectivity index (χ2n) is 2.06. The standard InChI is InChI=1S/C6H8NO2/c8-5-4-7-3-1-2-6(7)9/h1-4H2. The number of rotatable bonds is 2. The summed E-state index contributed by atoms with van der Waals surface area (Å²) in [6, 6.07) is 0. The van der Waals surface area contributed by atoms with Gasteiger partial charge in [0.2, 0.25) is 12.2 Å². The lowest BCUT2D eigenvalue weighted by Gasteiger charge is -2.08. The number of amides is 1. The predicted molar refractivity (Wildman–Crippen MR) is 31.5 cm³/mol. The minimum absolute atomic E-state index is 0.0818. The highest BCUT2D eigenvalue weighted by Gasteiger charge is 2.18. The molecule has 1 saturated heterocycles. The lowest BCUT2D eigenvalue weighted by molar-refractivity contribution is -0.127. The predicted octanol–water partition coefficient (Wildman–Crippen LogP) is -0.282. The third-order valence-electron chi connectivity index (χ3n) is 1.43. The van der Waals surface area contributed by atoms with E-state index in [1.807, 2.05) is 0 Å². The van der Waals surface area contributed by atoms with Gasteiger partial charge in [-0.3, -0.25) is 9.59 Å². The van der Waals surface area contributed by atoms with Crippen molar-refractivity contribution in [3.8, 4) is 0 Å². The second kappa shape index (κ2) is 2.62. The molecule has 3 heteroatoms. The Kier molecular flexibility index (Phi) is 1.82. The normalized spacial score (nSPS) is 18.7. The first-order chi connectivity index (χ1) is 4.34. The average molecular weight is 126 g/mol. The summed E-state index contributed by atoms with van der Waals surface area (Å²) in [6.07, 6.45) is 3.18. The number of carbonyl (C=O) groups is 1. The van der Waals surface area contributed by atoms with Gasteiger partial charge in [0.1, 0.15) is 0 Å². The van der Waals surface area contributed by atoms with Gasteiger partial charge < -0.3 is 4.90 Å². The average Bonchev–Trinajstić information content (AvgIpc) is 2.18. The van der Waals surface area contributed by atoms with E-state index in [1.54, 1.807) is 6.29 Å². The van der Waals surface area contributed by atoms with Crippen molar-refractivity contribution in [1.82, 2.24) is 4.90 Å². The molecule has 0 aromatic carbocycles. The van der Waals surface area contributed by atoms with E-state index in [4.69, 9.17) is 0 Å². The molecule has 0 spiro atoms. The summed E-state index contributed by atoms with van der Waals surface area (Å²) < 4.78 is 0. The fourth-order valence-corrected chi connectivity index (χ4v) is 0.949. The molecule has 0 atom stereocenters. The van der Waals surface area contributed by atoms with E-state index in [2.05, 4.69) is 0 Å². The van der Waals surface area contributed by atoms with Gasteiger partial charge in [-0.05, 0) is 6.42 Å². The summed E-state index contributed by atoms with van der Waals surface area (Å²) in [5.74, 6) is 0.0818. The molecule has 0 aliphatic carbocycles. The lowest BCUT2D eigenvalue weighted by Crippen LogP contribution is -2.26. The van der Waals surface area contributed by atoms with E-state index < -0.39 is 0 Å². The molecular formula is C6H8NO2. The van der Waals surface area contributed by atoms with Crippen LogP contribution in [0.3, 0.4) is 0 Å². The SMILES string of the molecule is O=[C]CN1CCCC1=O. The Labute approximate surface area is 53.6 Å². The zero-order chi connectivity index (χ0) is 6.69. The van der Waals surface area contributed by atoms with Crippen molar-refractivity contribution < 1.29 is 9.59 Å². The summed E-state index contributed by atoms with van der Waals surface area (Å²) in [6.45, 7) is 0.882. The molecule has 0 aromatic rings. The monoisotopic (exact) mass is 126 g/mol. The highest BCUT2D eigenvalue weighted by Crippen LogP contribution is 2.07. The van der Waals surface area contributed by atoms with Gasteiger partial charge in [-0.1, -0.05) is 0 Å². The van der Waals surface area contributed by atoms with Gasteiger partial charge in [0.15, 0.2) is 0 Å². The van der Waals surface area contributed by atoms with E-state index in [-0.39, 0.29) is 12.5 Å². The highest BCUT2D eigenvalue weighted by atomic mass is 16.2. The molecule has 1 aliphatic heterocycles. The number of nitrogens with zero attached hydrogens (tertiary/aromatic N) is 1. The molecule has 0 aromatic heterocycles. The molecule has 9 heavy (non-hydrogen) atoms. The van der Waals surface area contributed by atoms with Crippen LogP contribution in [0.1, 0.15) is 12.8 Å². The van der Waals surface area contributed by atoms with Crippen LogP contribution in [0.2, 0.25) is 0 Å². The zero-order valence-electron chi connectivity index (χ0n) is 5.09. The van der Waals surface area contributed by atoms with Gasteiger partial charge in [-0.15, -0.1) is 0 Å². The Morgan fingerprint density at radius 1 is 1.67 bits per heavy atom. The van der Waals surface area contributed by atoms with Crippen LogP contribution in [0.5, 0.6) is 0 Å². The molecule has 1 heterocycles. The van der Waals surface area contributed by atoms with Crippen molar-refractivity contribution in [1.29, 1.82) is 0 Å². The molecule has 1 amide bonds. The lowest BCUT2D eigenvalue weighted by atomic mass is 10.4. The maximum atomic E-state index is 10.7. The maximum absolute atomic E-state index is 10.7. The molecule has 3 nitrogen and oxygen atoms in total. The molecule has 0 saturated carbocycles. The van der Waals surface area contributed by atoms with E-state index >= 15 is 0 Å². The van der Waals surface area contributed by atoms with Crippen LogP contribution >= 0.6 is 0 Å². The molecule has 0 N–H and O–H groups in total. The Bertz CT molecular complexity index is 133. The van der Waals surface area contributed by atoms with Crippen molar-refractivity contribution in [2.45, 2.75) is 12.8 Å². The van der Waals surface area contributed by atoms with Crippen LogP contribution in [0, 0.1) is 0 Å². The van der Waals surface area contributed by atoms with Crippen molar-refractivity contribution in [3.05, 3.63) is 0 Å². The van der Waals surface area contributed by atoms with Gasteiger partial charge in [0, 0.05) is 13.0 Å². The molecule has 1 rings (SSSR count). The Balaban J connectivity index is 2.39. The molecular weight excluding hydrogens is 118 g/mol. The topological polar surface area (TPSA) is 37.4 Å². The third kappa shape index (κ3) is 1.28. The minimum Gasteiger partial charge on any atom is -0.335 e. The van der Waals surface area contributed by atoms with Gasteiger partial charge in [0.25, 0.3) is 0 Å². The fourth-order valence-electron chi connectivity index (χ4n) is 0.949. The van der Waals surface area contributed by atoms with E-state index in [1.165, 1.54) is 4.90 Å². The maximum Gasteiger partial charge on any atom is 0.223 e. The van der Waals surface area contributed by atoms with Crippen molar-refractivity contribution >= 4 is 12.2 Å². The summed E-state index contributed by atoms with van der Waals surface area (Å²) >= 11 is 0. The number of hydrogen-bond donors (Lipinski definition) is 0. The molecule has 1 aliphatic rings.